The number of aliphatic hydroxyl groups is 1. The fraction of sp³-hybridized carbons (Fsp3) is 0.556. The zero-order valence-corrected chi connectivity index (χ0v) is 13.8. The average molecular weight is 318 g/mol. The maximum absolute atomic E-state index is 12.4. The van der Waals surface area contributed by atoms with Crippen LogP contribution in [0.5, 0.6) is 0 Å². The highest BCUT2D eigenvalue weighted by Crippen LogP contribution is 2.47. The molecule has 126 valence electrons. The highest BCUT2D eigenvalue weighted by Gasteiger charge is 2.44. The van der Waals surface area contributed by atoms with E-state index in [1.54, 1.807) is 0 Å². The van der Waals surface area contributed by atoms with Crippen molar-refractivity contribution in [3.05, 3.63) is 35.9 Å². The molecule has 0 radical (unpaired) electrons. The van der Waals surface area contributed by atoms with Gasteiger partial charge in [0.15, 0.2) is 0 Å². The molecular weight excluding hydrogens is 292 g/mol. The Labute approximate surface area is 137 Å². The molecule has 0 aromatic heterocycles. The Kier molecular flexibility index (Phi) is 6.16. The molecule has 1 aromatic carbocycles. The normalized spacial score (nSPS) is 20.9. The molecule has 1 saturated carbocycles. The number of carbonyl (C=O) groups is 2. The zero-order chi connectivity index (χ0) is 16.8. The Hall–Kier alpha value is -1.88. The van der Waals surface area contributed by atoms with E-state index in [0.29, 0.717) is 12.3 Å². The maximum Gasteiger partial charge on any atom is 0.242 e. The Balaban J connectivity index is 1.91. The second kappa shape index (κ2) is 8.11. The molecule has 0 spiro atoms. The maximum atomic E-state index is 12.4. The van der Waals surface area contributed by atoms with Gasteiger partial charge in [0.25, 0.3) is 0 Å². The SMILES string of the molecule is CC(C)C[C@H](NC(=O)[C@H]1C[C@@H]1c1ccccc1)C(=O)NCCO. The third kappa shape index (κ3) is 5.06. The van der Waals surface area contributed by atoms with Crippen LogP contribution in [0.25, 0.3) is 0 Å². The molecule has 1 aliphatic rings. The van der Waals surface area contributed by atoms with Crippen molar-refractivity contribution >= 4 is 11.8 Å². The molecule has 0 saturated heterocycles. The van der Waals surface area contributed by atoms with Crippen LogP contribution in [-0.2, 0) is 9.59 Å². The van der Waals surface area contributed by atoms with Crippen LogP contribution >= 0.6 is 0 Å². The van der Waals surface area contributed by atoms with E-state index in [4.69, 9.17) is 5.11 Å². The summed E-state index contributed by atoms with van der Waals surface area (Å²) in [5.74, 6) is 0.236. The van der Waals surface area contributed by atoms with E-state index in [2.05, 4.69) is 10.6 Å². The summed E-state index contributed by atoms with van der Waals surface area (Å²) >= 11 is 0. The van der Waals surface area contributed by atoms with Gasteiger partial charge in [0.1, 0.15) is 6.04 Å². The topological polar surface area (TPSA) is 78.4 Å². The van der Waals surface area contributed by atoms with Gasteiger partial charge in [0, 0.05) is 12.5 Å². The van der Waals surface area contributed by atoms with E-state index in [1.165, 1.54) is 5.56 Å². The number of benzene rings is 1. The molecule has 0 unspecified atom stereocenters. The minimum absolute atomic E-state index is 0.0438. The van der Waals surface area contributed by atoms with Gasteiger partial charge >= 0.3 is 0 Å². The van der Waals surface area contributed by atoms with Gasteiger partial charge in [-0.05, 0) is 30.2 Å². The lowest BCUT2D eigenvalue weighted by molar-refractivity contribution is -0.130. The first-order chi connectivity index (χ1) is 11.0. The first-order valence-corrected chi connectivity index (χ1v) is 8.26. The molecule has 0 bridgehead atoms. The average Bonchev–Trinajstić information content (AvgIpc) is 3.33. The summed E-state index contributed by atoms with van der Waals surface area (Å²) in [6, 6.07) is 9.46. The van der Waals surface area contributed by atoms with Crippen LogP contribution in [0.2, 0.25) is 0 Å². The van der Waals surface area contributed by atoms with Crippen LogP contribution in [0, 0.1) is 11.8 Å². The molecule has 0 aliphatic heterocycles. The van der Waals surface area contributed by atoms with Gasteiger partial charge in [-0.3, -0.25) is 9.59 Å². The summed E-state index contributed by atoms with van der Waals surface area (Å²) in [6.45, 7) is 4.14. The molecule has 5 heteroatoms. The lowest BCUT2D eigenvalue weighted by Gasteiger charge is -2.20. The Morgan fingerprint density at radius 2 is 1.96 bits per heavy atom. The van der Waals surface area contributed by atoms with Crippen LogP contribution in [0.3, 0.4) is 0 Å². The van der Waals surface area contributed by atoms with E-state index in [1.807, 2.05) is 44.2 Å². The third-order valence-electron chi connectivity index (χ3n) is 4.11. The monoisotopic (exact) mass is 318 g/mol. The van der Waals surface area contributed by atoms with Gasteiger partial charge in [0.05, 0.1) is 6.61 Å². The first kappa shape index (κ1) is 17.5. The van der Waals surface area contributed by atoms with Crippen LogP contribution in [0.1, 0.15) is 38.2 Å². The molecule has 3 N–H and O–H groups in total. The van der Waals surface area contributed by atoms with Gasteiger partial charge in [-0.25, -0.2) is 0 Å². The predicted molar refractivity (Wildman–Crippen MR) is 88.8 cm³/mol. The van der Waals surface area contributed by atoms with Gasteiger partial charge in [-0.1, -0.05) is 44.2 Å². The predicted octanol–water partition coefficient (Wildman–Crippen LogP) is 1.43. The molecule has 5 nitrogen and oxygen atoms in total. The summed E-state index contributed by atoms with van der Waals surface area (Å²) in [5.41, 5.74) is 1.18. The van der Waals surface area contributed by atoms with E-state index in [-0.39, 0.29) is 36.8 Å². The van der Waals surface area contributed by atoms with Crippen molar-refractivity contribution in [1.29, 1.82) is 0 Å². The van der Waals surface area contributed by atoms with Crippen LogP contribution in [-0.4, -0.2) is 36.1 Å². The summed E-state index contributed by atoms with van der Waals surface area (Å²) < 4.78 is 0. The molecule has 2 rings (SSSR count). The number of nitrogens with one attached hydrogen (secondary N) is 2. The van der Waals surface area contributed by atoms with Gasteiger partial charge in [-0.2, -0.15) is 0 Å². The highest BCUT2D eigenvalue weighted by molar-refractivity contribution is 5.90. The van der Waals surface area contributed by atoms with Crippen LogP contribution in [0.15, 0.2) is 30.3 Å². The summed E-state index contributed by atoms with van der Waals surface area (Å²) in [7, 11) is 0. The Morgan fingerprint density at radius 1 is 1.26 bits per heavy atom. The Bertz CT molecular complexity index is 530. The lowest BCUT2D eigenvalue weighted by atomic mass is 10.0. The van der Waals surface area contributed by atoms with Crippen molar-refractivity contribution < 1.29 is 14.7 Å². The summed E-state index contributed by atoms with van der Waals surface area (Å²) in [5, 5.41) is 14.3. The molecule has 1 fully saturated rings. The third-order valence-corrected chi connectivity index (χ3v) is 4.11. The van der Waals surface area contributed by atoms with Crippen molar-refractivity contribution in [3.63, 3.8) is 0 Å². The van der Waals surface area contributed by atoms with Crippen LogP contribution < -0.4 is 10.6 Å². The molecule has 2 amide bonds. The van der Waals surface area contributed by atoms with Crippen molar-refractivity contribution in [2.45, 2.75) is 38.6 Å². The quantitative estimate of drug-likeness (QED) is 0.678. The van der Waals surface area contributed by atoms with Gasteiger partial charge in [-0.15, -0.1) is 0 Å². The first-order valence-electron chi connectivity index (χ1n) is 8.26. The minimum atomic E-state index is -0.536. The van der Waals surface area contributed by atoms with E-state index >= 15 is 0 Å². The van der Waals surface area contributed by atoms with Crippen molar-refractivity contribution in [2.75, 3.05) is 13.2 Å². The molecule has 23 heavy (non-hydrogen) atoms. The number of hydrogen-bond acceptors (Lipinski definition) is 3. The zero-order valence-electron chi connectivity index (χ0n) is 13.8. The fourth-order valence-electron chi connectivity index (χ4n) is 2.84. The molecular formula is C18H26N2O3. The Morgan fingerprint density at radius 3 is 2.57 bits per heavy atom. The van der Waals surface area contributed by atoms with Crippen molar-refractivity contribution in [1.82, 2.24) is 10.6 Å². The molecule has 1 aromatic rings. The van der Waals surface area contributed by atoms with Crippen LogP contribution in [0.4, 0.5) is 0 Å². The van der Waals surface area contributed by atoms with E-state index in [0.717, 1.165) is 6.42 Å². The number of aliphatic hydroxyl groups excluding tert-OH is 1. The van der Waals surface area contributed by atoms with Gasteiger partial charge < -0.3 is 15.7 Å². The molecule has 0 heterocycles. The minimum Gasteiger partial charge on any atom is -0.395 e. The molecule has 3 atom stereocenters. The van der Waals surface area contributed by atoms with Crippen molar-refractivity contribution in [2.24, 2.45) is 11.8 Å². The number of amides is 2. The van der Waals surface area contributed by atoms with Gasteiger partial charge in [0.2, 0.25) is 11.8 Å². The van der Waals surface area contributed by atoms with E-state index in [9.17, 15) is 9.59 Å². The summed E-state index contributed by atoms with van der Waals surface area (Å²) in [4.78, 5) is 24.5. The van der Waals surface area contributed by atoms with E-state index < -0.39 is 6.04 Å². The number of hydrogen-bond donors (Lipinski definition) is 3. The largest absolute Gasteiger partial charge is 0.395 e. The highest BCUT2D eigenvalue weighted by atomic mass is 16.3. The molecule has 1 aliphatic carbocycles. The second-order valence-electron chi connectivity index (χ2n) is 6.56. The standard InChI is InChI=1S/C18H26N2O3/c1-12(2)10-16(18(23)19-8-9-21)20-17(22)15-11-14(15)13-6-4-3-5-7-13/h3-7,12,14-16,21H,8-11H2,1-2H3,(H,19,23)(H,20,22)/t14-,15+,16+/m1/s1. The van der Waals surface area contributed by atoms with Crippen molar-refractivity contribution in [3.8, 4) is 0 Å². The summed E-state index contributed by atoms with van der Waals surface area (Å²) in [6.07, 6.45) is 1.42. The smallest absolute Gasteiger partial charge is 0.242 e. The second-order valence-corrected chi connectivity index (χ2v) is 6.56. The fourth-order valence-corrected chi connectivity index (χ4v) is 2.84. The lowest BCUT2D eigenvalue weighted by Crippen LogP contribution is -2.48. The number of rotatable bonds is 8. The number of carbonyl (C=O) groups excluding carboxylic acids is 2.